The number of hydrogen-bond acceptors (Lipinski definition) is 11. The van der Waals surface area contributed by atoms with Crippen LogP contribution in [0.2, 0.25) is 0 Å². The first-order chi connectivity index (χ1) is 19.4. The number of pyridine rings is 2. The molecular formula is C28H25N9O3. The molecular weight excluding hydrogens is 510 g/mol. The fourth-order valence-corrected chi connectivity index (χ4v) is 4.46. The molecule has 4 aromatic heterocycles. The summed E-state index contributed by atoms with van der Waals surface area (Å²) in [6, 6.07) is 16.0. The molecule has 1 amide bonds. The lowest BCUT2D eigenvalue weighted by molar-refractivity contribution is 0.0940. The number of benzene rings is 1. The maximum atomic E-state index is 12.3. The van der Waals surface area contributed by atoms with Crippen molar-refractivity contribution in [1.29, 1.82) is 0 Å². The number of fused-ring (bicyclic) bond motifs is 1. The number of nitrogens with one attached hydrogen (secondary N) is 3. The lowest BCUT2D eigenvalue weighted by atomic mass is 10.0. The lowest BCUT2D eigenvalue weighted by Crippen LogP contribution is -2.33. The van der Waals surface area contributed by atoms with Crippen molar-refractivity contribution in [3.05, 3.63) is 90.0 Å². The molecule has 5 aromatic rings. The van der Waals surface area contributed by atoms with Crippen LogP contribution in [0.5, 0.6) is 0 Å². The molecule has 0 unspecified atom stereocenters. The van der Waals surface area contributed by atoms with Crippen molar-refractivity contribution in [1.82, 2.24) is 35.4 Å². The molecule has 200 valence electrons. The smallest absolute Gasteiger partial charge is 0.263 e. The number of aromatic nitrogens is 6. The van der Waals surface area contributed by atoms with Gasteiger partial charge < -0.3 is 25.6 Å². The van der Waals surface area contributed by atoms with Gasteiger partial charge in [0.2, 0.25) is 11.8 Å². The zero-order valence-electron chi connectivity index (χ0n) is 21.7. The summed E-state index contributed by atoms with van der Waals surface area (Å²) >= 11 is 0. The van der Waals surface area contributed by atoms with E-state index in [0.29, 0.717) is 34.3 Å². The van der Waals surface area contributed by atoms with Crippen molar-refractivity contribution in [3.8, 4) is 22.8 Å². The van der Waals surface area contributed by atoms with E-state index < -0.39 is 11.6 Å². The molecule has 0 fully saturated rings. The van der Waals surface area contributed by atoms with E-state index in [1.165, 1.54) is 0 Å². The normalized spacial score (nSPS) is 14.3. The summed E-state index contributed by atoms with van der Waals surface area (Å²) in [6.45, 7) is 3.60. The molecule has 1 aromatic carbocycles. The highest BCUT2D eigenvalue weighted by molar-refractivity contribution is 5.99. The third kappa shape index (κ3) is 4.83. The van der Waals surface area contributed by atoms with Gasteiger partial charge in [-0.1, -0.05) is 35.5 Å². The largest absolute Gasteiger partial charge is 0.394 e. The summed E-state index contributed by atoms with van der Waals surface area (Å²) in [5.41, 5.74) is 2.63. The van der Waals surface area contributed by atoms with Crippen LogP contribution in [0.1, 0.15) is 41.5 Å². The first-order valence-corrected chi connectivity index (χ1v) is 12.6. The number of amides is 1. The minimum atomic E-state index is -0.601. The zero-order valence-corrected chi connectivity index (χ0v) is 21.7. The molecule has 5 heterocycles. The second kappa shape index (κ2) is 10.2. The fraction of sp³-hybridized carbons (Fsp3) is 0.179. The van der Waals surface area contributed by atoms with Crippen molar-refractivity contribution >= 4 is 23.5 Å². The highest BCUT2D eigenvalue weighted by atomic mass is 16.5. The summed E-state index contributed by atoms with van der Waals surface area (Å²) in [5.74, 6) is 1.51. The second-order valence-electron chi connectivity index (χ2n) is 9.70. The standard InChI is InChI=1S/C28H25N9O3/c1-28(2)22-18(25(39)36-28)8-9-21(32-22)33-27-30-14-19(26-34-23(37-40-26)17-10-12-29-13-11-17)24(35-27)31-20(15-38)16-6-4-3-5-7-16/h3-14,20,38H,15H2,1-2H3,(H,36,39)(H2,30,31,32,33,35)/t20-/m1/s1. The van der Waals surface area contributed by atoms with E-state index in [4.69, 9.17) is 4.52 Å². The Hall–Kier alpha value is -5.23. The summed E-state index contributed by atoms with van der Waals surface area (Å²) in [7, 11) is 0. The maximum absolute atomic E-state index is 12.3. The average molecular weight is 536 g/mol. The molecule has 12 heteroatoms. The molecule has 6 rings (SSSR count). The van der Waals surface area contributed by atoms with Crippen LogP contribution in [0.15, 0.2) is 77.7 Å². The third-order valence-electron chi connectivity index (χ3n) is 6.48. The number of rotatable bonds is 8. The SMILES string of the molecule is CC1(C)NC(=O)c2ccc(Nc3ncc(-c4nc(-c5ccncc5)no4)c(N[C@H](CO)c4ccccc4)n3)nc21. The number of anilines is 3. The first kappa shape index (κ1) is 25.1. The Morgan fingerprint density at radius 2 is 1.80 bits per heavy atom. The highest BCUT2D eigenvalue weighted by Gasteiger charge is 2.36. The number of nitrogens with zero attached hydrogens (tertiary/aromatic N) is 6. The van der Waals surface area contributed by atoms with Crippen molar-refractivity contribution in [2.45, 2.75) is 25.4 Å². The van der Waals surface area contributed by atoms with E-state index in [0.717, 1.165) is 11.1 Å². The van der Waals surface area contributed by atoms with E-state index in [2.05, 4.69) is 46.0 Å². The quantitative estimate of drug-likeness (QED) is 0.228. The number of carbonyl (C=O) groups is 1. The van der Waals surface area contributed by atoms with Crippen LogP contribution in [-0.2, 0) is 5.54 Å². The third-order valence-corrected chi connectivity index (χ3v) is 6.48. The molecule has 1 atom stereocenters. The van der Waals surface area contributed by atoms with Crippen LogP contribution >= 0.6 is 0 Å². The van der Waals surface area contributed by atoms with Crippen LogP contribution in [0, 0.1) is 0 Å². The number of aliphatic hydroxyl groups is 1. The van der Waals surface area contributed by atoms with Gasteiger partial charge in [0.25, 0.3) is 11.8 Å². The summed E-state index contributed by atoms with van der Waals surface area (Å²) in [6.07, 6.45) is 4.85. The molecule has 0 saturated heterocycles. The average Bonchev–Trinajstić information content (AvgIpc) is 3.55. The van der Waals surface area contributed by atoms with E-state index in [9.17, 15) is 9.90 Å². The predicted molar refractivity (Wildman–Crippen MR) is 146 cm³/mol. The highest BCUT2D eigenvalue weighted by Crippen LogP contribution is 2.32. The van der Waals surface area contributed by atoms with Gasteiger partial charge in [-0.25, -0.2) is 9.97 Å². The van der Waals surface area contributed by atoms with E-state index in [1.807, 2.05) is 44.2 Å². The van der Waals surface area contributed by atoms with Gasteiger partial charge in [-0.3, -0.25) is 9.78 Å². The Morgan fingerprint density at radius 3 is 2.58 bits per heavy atom. The Labute approximate surface area is 229 Å². The first-order valence-electron chi connectivity index (χ1n) is 12.6. The van der Waals surface area contributed by atoms with Crippen molar-refractivity contribution in [2.75, 3.05) is 17.2 Å². The lowest BCUT2D eigenvalue weighted by Gasteiger charge is -2.20. The van der Waals surface area contributed by atoms with Gasteiger partial charge >= 0.3 is 0 Å². The Morgan fingerprint density at radius 1 is 1.00 bits per heavy atom. The Kier molecular flexibility index (Phi) is 6.36. The predicted octanol–water partition coefficient (Wildman–Crippen LogP) is 3.85. The Bertz CT molecular complexity index is 1670. The van der Waals surface area contributed by atoms with E-state index in [-0.39, 0.29) is 24.4 Å². The number of aliphatic hydroxyl groups excluding tert-OH is 1. The monoisotopic (exact) mass is 535 g/mol. The van der Waals surface area contributed by atoms with Crippen LogP contribution < -0.4 is 16.0 Å². The summed E-state index contributed by atoms with van der Waals surface area (Å²) < 4.78 is 5.57. The molecule has 0 bridgehead atoms. The topological polar surface area (TPSA) is 164 Å². The van der Waals surface area contributed by atoms with Gasteiger partial charge in [0.15, 0.2) is 0 Å². The van der Waals surface area contributed by atoms with Crippen LogP contribution in [-0.4, -0.2) is 47.7 Å². The van der Waals surface area contributed by atoms with Gasteiger partial charge in [0.05, 0.1) is 29.4 Å². The van der Waals surface area contributed by atoms with Crippen LogP contribution in [0.25, 0.3) is 22.8 Å². The molecule has 1 aliphatic heterocycles. The fourth-order valence-electron chi connectivity index (χ4n) is 4.46. The van der Waals surface area contributed by atoms with Crippen molar-refractivity contribution in [3.63, 3.8) is 0 Å². The van der Waals surface area contributed by atoms with Crippen LogP contribution in [0.4, 0.5) is 17.6 Å². The van der Waals surface area contributed by atoms with Gasteiger partial charge in [0.1, 0.15) is 17.2 Å². The molecule has 0 saturated carbocycles. The second-order valence-corrected chi connectivity index (χ2v) is 9.70. The zero-order chi connectivity index (χ0) is 27.7. The molecule has 0 aliphatic carbocycles. The van der Waals surface area contributed by atoms with Crippen LogP contribution in [0.3, 0.4) is 0 Å². The maximum Gasteiger partial charge on any atom is 0.263 e. The van der Waals surface area contributed by atoms with E-state index in [1.54, 1.807) is 42.9 Å². The summed E-state index contributed by atoms with van der Waals surface area (Å²) in [4.78, 5) is 34.6. The molecule has 0 radical (unpaired) electrons. The summed E-state index contributed by atoms with van der Waals surface area (Å²) in [5, 5.41) is 23.6. The minimum Gasteiger partial charge on any atom is -0.394 e. The number of carbonyl (C=O) groups excluding carboxylic acids is 1. The minimum absolute atomic E-state index is 0.159. The Balaban J connectivity index is 1.36. The van der Waals surface area contributed by atoms with E-state index >= 15 is 0 Å². The van der Waals surface area contributed by atoms with Crippen molar-refractivity contribution in [2.24, 2.45) is 0 Å². The molecule has 4 N–H and O–H groups in total. The molecule has 1 aliphatic rings. The van der Waals surface area contributed by atoms with Gasteiger partial charge in [-0.05, 0) is 43.7 Å². The molecule has 12 nitrogen and oxygen atoms in total. The van der Waals surface area contributed by atoms with Gasteiger partial charge in [0, 0.05) is 24.2 Å². The molecule has 0 spiro atoms. The van der Waals surface area contributed by atoms with Gasteiger partial charge in [-0.15, -0.1) is 0 Å². The number of hydrogen-bond donors (Lipinski definition) is 4. The molecule has 40 heavy (non-hydrogen) atoms. The van der Waals surface area contributed by atoms with Gasteiger partial charge in [-0.2, -0.15) is 9.97 Å². The van der Waals surface area contributed by atoms with Crippen molar-refractivity contribution < 1.29 is 14.4 Å².